The van der Waals surface area contributed by atoms with E-state index in [0.29, 0.717) is 0 Å². The quantitative estimate of drug-likeness (QED) is 0.144. The Hall–Kier alpha value is -3.23. The number of hydrogen-bond acceptors (Lipinski definition) is 3. The molecule has 1 N–H and O–H groups in total. The Morgan fingerprint density at radius 1 is 0.886 bits per heavy atom. The summed E-state index contributed by atoms with van der Waals surface area (Å²) in [5, 5.41) is 13.3. The number of hydrogen-bond donors (Lipinski definition) is 1. The number of carbonyl (C=O) groups is 1. The normalized spacial score (nSPS) is 10.7. The molecule has 1 aromatic heterocycles. The van der Waals surface area contributed by atoms with Crippen LogP contribution in [0.25, 0.3) is 28.1 Å². The molecule has 0 aliphatic carbocycles. The fourth-order valence-corrected chi connectivity index (χ4v) is 4.14. The van der Waals surface area contributed by atoms with E-state index in [1.54, 1.807) is 0 Å². The van der Waals surface area contributed by atoms with Gasteiger partial charge < -0.3 is 5.11 Å². The standard InChI is InChI=1S/C25H23N2.C5H8O2.Pt/c1-17-9-7-10-18(2)24(17)22-14-6-5-13-21(22)23-15-16-27(26-23)25-19(3)11-8-12-20(25)4;1-4(6)3-5(2)7;/h5-12,14-16H,1-4H3;3,6H,1-2H3;/q-1;;/b;4-3-;. The topological polar surface area (TPSA) is 55.1 Å². The number of benzene rings is 3. The van der Waals surface area contributed by atoms with Gasteiger partial charge in [-0.1, -0.05) is 64.7 Å². The molecule has 0 unspecified atom stereocenters. The fourth-order valence-electron chi connectivity index (χ4n) is 4.14. The summed E-state index contributed by atoms with van der Waals surface area (Å²) in [7, 11) is 0. The Bertz CT molecular complexity index is 1310. The van der Waals surface area contributed by atoms with Crippen molar-refractivity contribution in [2.24, 2.45) is 0 Å². The number of carbonyl (C=O) groups excluding carboxylic acids is 1. The molecule has 184 valence electrons. The van der Waals surface area contributed by atoms with Gasteiger partial charge in [-0.25, -0.2) is 9.78 Å². The van der Waals surface area contributed by atoms with Crippen molar-refractivity contribution in [2.45, 2.75) is 41.5 Å². The molecule has 0 aliphatic heterocycles. The van der Waals surface area contributed by atoms with Crippen LogP contribution in [0.4, 0.5) is 0 Å². The number of aryl methyl sites for hydroxylation is 4. The first-order valence-corrected chi connectivity index (χ1v) is 11.3. The number of aliphatic hydroxyl groups excluding tert-OH is 1. The molecule has 0 saturated heterocycles. The number of aromatic nitrogens is 2. The Balaban J connectivity index is 0.000000476. The van der Waals surface area contributed by atoms with E-state index in [0.717, 1.165) is 16.9 Å². The number of ketones is 1. The summed E-state index contributed by atoms with van der Waals surface area (Å²) in [5.74, 6) is -0.0625. The third-order valence-electron chi connectivity index (χ3n) is 5.53. The van der Waals surface area contributed by atoms with Gasteiger partial charge in [0.15, 0.2) is 5.78 Å². The fraction of sp³-hybridized carbons (Fsp3) is 0.200. The number of allylic oxidation sites excluding steroid dienone is 2. The van der Waals surface area contributed by atoms with Crippen LogP contribution in [0.5, 0.6) is 0 Å². The smallest absolute Gasteiger partial charge is 0.155 e. The Labute approximate surface area is 222 Å². The van der Waals surface area contributed by atoms with Gasteiger partial charge in [0.2, 0.25) is 0 Å². The van der Waals surface area contributed by atoms with Crippen molar-refractivity contribution >= 4 is 5.78 Å². The van der Waals surface area contributed by atoms with Gasteiger partial charge in [-0.05, 0) is 52.7 Å². The molecular formula is C30H31N2O2Pt-. The third kappa shape index (κ3) is 6.90. The van der Waals surface area contributed by atoms with E-state index < -0.39 is 0 Å². The molecule has 0 bridgehead atoms. The molecule has 0 fully saturated rings. The van der Waals surface area contributed by atoms with E-state index in [4.69, 9.17) is 10.2 Å². The predicted octanol–water partition coefficient (Wildman–Crippen LogP) is 7.27. The van der Waals surface area contributed by atoms with Crippen LogP contribution < -0.4 is 0 Å². The van der Waals surface area contributed by atoms with Crippen LogP contribution in [0.2, 0.25) is 0 Å². The van der Waals surface area contributed by atoms with Crippen molar-refractivity contribution in [2.75, 3.05) is 0 Å². The molecular weight excluding hydrogens is 615 g/mol. The van der Waals surface area contributed by atoms with Crippen LogP contribution in [0, 0.1) is 33.8 Å². The van der Waals surface area contributed by atoms with E-state index in [9.17, 15) is 4.79 Å². The third-order valence-corrected chi connectivity index (χ3v) is 5.53. The summed E-state index contributed by atoms with van der Waals surface area (Å²) in [6, 6.07) is 24.4. The van der Waals surface area contributed by atoms with Crippen molar-refractivity contribution in [1.29, 1.82) is 0 Å². The number of para-hydroxylation sites is 1. The Morgan fingerprint density at radius 2 is 1.46 bits per heavy atom. The predicted molar refractivity (Wildman–Crippen MR) is 139 cm³/mol. The zero-order valence-electron chi connectivity index (χ0n) is 21.0. The van der Waals surface area contributed by atoms with Gasteiger partial charge in [0.05, 0.1) is 11.4 Å². The van der Waals surface area contributed by atoms with Gasteiger partial charge in [-0.15, -0.1) is 29.8 Å². The van der Waals surface area contributed by atoms with Gasteiger partial charge >= 0.3 is 0 Å². The molecule has 1 heterocycles. The minimum Gasteiger partial charge on any atom is -0.512 e. The van der Waals surface area contributed by atoms with E-state index in [-0.39, 0.29) is 32.6 Å². The minimum atomic E-state index is -0.125. The second kappa shape index (κ2) is 12.5. The Morgan fingerprint density at radius 3 is 1.97 bits per heavy atom. The van der Waals surface area contributed by atoms with Gasteiger partial charge in [-0.3, -0.25) is 4.79 Å². The molecule has 0 aliphatic rings. The van der Waals surface area contributed by atoms with Gasteiger partial charge in [0.1, 0.15) is 0 Å². The van der Waals surface area contributed by atoms with Gasteiger partial charge in [-0.2, -0.15) is 0 Å². The summed E-state index contributed by atoms with van der Waals surface area (Å²) >= 11 is 0. The van der Waals surface area contributed by atoms with Crippen molar-refractivity contribution in [3.8, 4) is 28.1 Å². The van der Waals surface area contributed by atoms with Crippen molar-refractivity contribution in [3.05, 3.63) is 107 Å². The molecule has 0 radical (unpaired) electrons. The zero-order valence-corrected chi connectivity index (χ0v) is 23.3. The van der Waals surface area contributed by atoms with E-state index in [2.05, 4.69) is 82.3 Å². The SMILES string of the molecule is CC(=O)/C=C(/C)O.Cc1cccc(C)c1-c1ccc[c-]c1-c1ccn(-c2c(C)cccc2C)n1.[Pt]. The number of aliphatic hydroxyl groups is 1. The maximum atomic E-state index is 10.0. The second-order valence-electron chi connectivity index (χ2n) is 8.51. The molecule has 4 nitrogen and oxygen atoms in total. The van der Waals surface area contributed by atoms with Crippen LogP contribution >= 0.6 is 0 Å². The van der Waals surface area contributed by atoms with Crippen LogP contribution in [0.15, 0.2) is 78.7 Å². The van der Waals surface area contributed by atoms with Gasteiger partial charge in [0, 0.05) is 39.0 Å². The van der Waals surface area contributed by atoms with E-state index in [1.165, 1.54) is 53.3 Å². The summed E-state index contributed by atoms with van der Waals surface area (Å²) < 4.78 is 1.98. The zero-order chi connectivity index (χ0) is 24.8. The largest absolute Gasteiger partial charge is 0.512 e. The summed E-state index contributed by atoms with van der Waals surface area (Å²) in [5.41, 5.74) is 10.6. The molecule has 4 rings (SSSR count). The molecule has 4 aromatic rings. The molecule has 3 aromatic carbocycles. The van der Waals surface area contributed by atoms with Crippen molar-refractivity contribution in [3.63, 3.8) is 0 Å². The van der Waals surface area contributed by atoms with Crippen LogP contribution in [0.1, 0.15) is 36.1 Å². The molecule has 0 spiro atoms. The average Bonchev–Trinajstić information content (AvgIpc) is 3.23. The first-order chi connectivity index (χ1) is 16.2. The van der Waals surface area contributed by atoms with Crippen molar-refractivity contribution in [1.82, 2.24) is 9.78 Å². The number of rotatable bonds is 4. The van der Waals surface area contributed by atoms with Crippen molar-refractivity contribution < 1.29 is 31.0 Å². The first kappa shape index (κ1) is 28.0. The van der Waals surface area contributed by atoms with E-state index >= 15 is 0 Å². The minimum absolute atomic E-state index is 0. The number of nitrogens with zero attached hydrogens (tertiary/aromatic N) is 2. The summed E-state index contributed by atoms with van der Waals surface area (Å²) in [4.78, 5) is 10.0. The molecule has 0 atom stereocenters. The maximum absolute atomic E-state index is 10.0. The molecule has 0 saturated carbocycles. The van der Waals surface area contributed by atoms with E-state index in [1.807, 2.05) is 23.0 Å². The molecule has 5 heteroatoms. The molecule has 35 heavy (non-hydrogen) atoms. The Kier molecular flexibility index (Phi) is 9.98. The molecule has 0 amide bonds. The van der Waals surface area contributed by atoms with Crippen LogP contribution in [-0.2, 0) is 25.9 Å². The first-order valence-electron chi connectivity index (χ1n) is 11.3. The summed E-state index contributed by atoms with van der Waals surface area (Å²) in [6.07, 6.45) is 3.21. The maximum Gasteiger partial charge on any atom is 0.155 e. The summed E-state index contributed by atoms with van der Waals surface area (Å²) in [6.45, 7) is 11.4. The van der Waals surface area contributed by atoms with Crippen LogP contribution in [0.3, 0.4) is 0 Å². The average molecular weight is 647 g/mol. The van der Waals surface area contributed by atoms with Gasteiger partial charge in [0.25, 0.3) is 0 Å². The second-order valence-corrected chi connectivity index (χ2v) is 8.51. The van der Waals surface area contributed by atoms with Crippen LogP contribution in [-0.4, -0.2) is 20.7 Å². The monoisotopic (exact) mass is 646 g/mol.